The number of aromatic nitrogens is 1. The second-order valence-corrected chi connectivity index (χ2v) is 5.77. The zero-order chi connectivity index (χ0) is 11.3. The summed E-state index contributed by atoms with van der Waals surface area (Å²) in [6.45, 7) is 8.65. The van der Waals surface area contributed by atoms with E-state index in [4.69, 9.17) is 0 Å². The molecule has 0 fully saturated rings. The molecular formula is C12H22N2S. The third-order valence-corrected chi connectivity index (χ3v) is 2.85. The van der Waals surface area contributed by atoms with Crippen molar-refractivity contribution in [1.82, 2.24) is 9.88 Å². The Balaban J connectivity index is 2.50. The quantitative estimate of drug-likeness (QED) is 0.831. The van der Waals surface area contributed by atoms with Crippen molar-refractivity contribution in [3.63, 3.8) is 0 Å². The van der Waals surface area contributed by atoms with E-state index in [1.807, 2.05) is 11.8 Å². The van der Waals surface area contributed by atoms with Crippen LogP contribution in [0.1, 0.15) is 26.5 Å². The van der Waals surface area contributed by atoms with Gasteiger partial charge in [-0.2, -0.15) is 11.8 Å². The van der Waals surface area contributed by atoms with Crippen molar-refractivity contribution < 1.29 is 0 Å². The topological polar surface area (TPSA) is 17.0 Å². The molecular weight excluding hydrogens is 204 g/mol. The van der Waals surface area contributed by atoms with Crippen LogP contribution in [0.25, 0.3) is 0 Å². The Bertz CT molecular complexity index is 286. The fourth-order valence-corrected chi connectivity index (χ4v) is 1.75. The molecule has 15 heavy (non-hydrogen) atoms. The van der Waals surface area contributed by atoms with Crippen molar-refractivity contribution in [1.29, 1.82) is 0 Å². The van der Waals surface area contributed by atoms with Gasteiger partial charge in [-0.15, -0.1) is 0 Å². The highest BCUT2D eigenvalue weighted by Crippen LogP contribution is 2.07. The van der Waals surface area contributed by atoms with Gasteiger partial charge in [0, 0.05) is 36.3 Å². The summed E-state index contributed by atoms with van der Waals surface area (Å²) < 4.78 is 2.33. The number of nitrogens with one attached hydrogen (secondary N) is 1. The van der Waals surface area contributed by atoms with Crippen molar-refractivity contribution in [3.8, 4) is 0 Å². The molecule has 3 heteroatoms. The van der Waals surface area contributed by atoms with Gasteiger partial charge < -0.3 is 9.88 Å². The average molecular weight is 226 g/mol. The summed E-state index contributed by atoms with van der Waals surface area (Å²) in [5.74, 6) is 1.18. The number of hydrogen-bond donors (Lipinski definition) is 1. The second-order valence-electron chi connectivity index (χ2n) is 4.79. The van der Waals surface area contributed by atoms with E-state index in [9.17, 15) is 0 Å². The van der Waals surface area contributed by atoms with E-state index in [1.54, 1.807) is 0 Å². The molecule has 0 saturated carbocycles. The van der Waals surface area contributed by atoms with Crippen LogP contribution in [-0.4, -0.2) is 22.1 Å². The zero-order valence-electron chi connectivity index (χ0n) is 10.2. The summed E-state index contributed by atoms with van der Waals surface area (Å²) >= 11 is 1.89. The van der Waals surface area contributed by atoms with Gasteiger partial charge >= 0.3 is 0 Å². The molecule has 0 aromatic carbocycles. The Kier molecular flexibility index (Phi) is 4.74. The largest absolute Gasteiger partial charge is 0.349 e. The summed E-state index contributed by atoms with van der Waals surface area (Å²) in [7, 11) is 0. The first kappa shape index (κ1) is 12.7. The lowest BCUT2D eigenvalue weighted by Gasteiger charge is -2.21. The van der Waals surface area contributed by atoms with Crippen LogP contribution >= 0.6 is 11.8 Å². The van der Waals surface area contributed by atoms with E-state index >= 15 is 0 Å². The molecule has 1 aromatic heterocycles. The zero-order valence-corrected chi connectivity index (χ0v) is 11.0. The first-order valence-corrected chi connectivity index (χ1v) is 6.80. The highest BCUT2D eigenvalue weighted by atomic mass is 32.2. The Morgan fingerprint density at radius 2 is 2.13 bits per heavy atom. The van der Waals surface area contributed by atoms with Gasteiger partial charge in [-0.25, -0.2) is 0 Å². The molecule has 0 amide bonds. The van der Waals surface area contributed by atoms with Crippen LogP contribution in [0.15, 0.2) is 18.3 Å². The molecule has 0 bridgehead atoms. The summed E-state index contributed by atoms with van der Waals surface area (Å²) in [4.78, 5) is 0. The Labute approximate surface area is 97.4 Å². The van der Waals surface area contributed by atoms with E-state index in [0.717, 1.165) is 13.1 Å². The molecule has 0 aliphatic carbocycles. The Morgan fingerprint density at radius 3 is 2.73 bits per heavy atom. The molecule has 0 saturated heterocycles. The van der Waals surface area contributed by atoms with Crippen LogP contribution in [0.5, 0.6) is 0 Å². The molecule has 0 spiro atoms. The third kappa shape index (κ3) is 4.76. The van der Waals surface area contributed by atoms with Crippen molar-refractivity contribution >= 4 is 11.8 Å². The fraction of sp³-hybridized carbons (Fsp3) is 0.667. The van der Waals surface area contributed by atoms with E-state index in [-0.39, 0.29) is 5.54 Å². The SMILES string of the molecule is CSCCn1cccc1CNC(C)(C)C. The van der Waals surface area contributed by atoms with Crippen LogP contribution in [0.3, 0.4) is 0 Å². The Morgan fingerprint density at radius 1 is 1.40 bits per heavy atom. The molecule has 0 radical (unpaired) electrons. The highest BCUT2D eigenvalue weighted by Gasteiger charge is 2.09. The summed E-state index contributed by atoms with van der Waals surface area (Å²) in [5, 5.41) is 3.51. The van der Waals surface area contributed by atoms with Gasteiger partial charge in [0.1, 0.15) is 0 Å². The minimum Gasteiger partial charge on any atom is -0.349 e. The van der Waals surface area contributed by atoms with Gasteiger partial charge in [0.15, 0.2) is 0 Å². The minimum absolute atomic E-state index is 0.189. The molecule has 0 aliphatic heterocycles. The lowest BCUT2D eigenvalue weighted by molar-refractivity contribution is 0.416. The fourth-order valence-electron chi connectivity index (χ4n) is 1.37. The molecule has 1 heterocycles. The third-order valence-electron chi connectivity index (χ3n) is 2.26. The maximum Gasteiger partial charge on any atom is 0.0363 e. The minimum atomic E-state index is 0.189. The van der Waals surface area contributed by atoms with Crippen LogP contribution in [0.2, 0.25) is 0 Å². The predicted octanol–water partition coefficient (Wildman–Crippen LogP) is 2.74. The van der Waals surface area contributed by atoms with E-state index in [1.165, 1.54) is 11.4 Å². The monoisotopic (exact) mass is 226 g/mol. The van der Waals surface area contributed by atoms with Crippen LogP contribution in [0.4, 0.5) is 0 Å². The molecule has 0 unspecified atom stereocenters. The van der Waals surface area contributed by atoms with E-state index < -0.39 is 0 Å². The summed E-state index contributed by atoms with van der Waals surface area (Å²) in [6.07, 6.45) is 4.31. The van der Waals surface area contributed by atoms with E-state index in [0.29, 0.717) is 0 Å². The number of hydrogen-bond acceptors (Lipinski definition) is 2. The Hall–Kier alpha value is -0.410. The average Bonchev–Trinajstić information content (AvgIpc) is 2.57. The number of thioether (sulfide) groups is 1. The maximum atomic E-state index is 3.51. The normalized spacial score (nSPS) is 12.0. The maximum absolute atomic E-state index is 3.51. The van der Waals surface area contributed by atoms with Gasteiger partial charge in [-0.3, -0.25) is 0 Å². The van der Waals surface area contributed by atoms with Gasteiger partial charge in [-0.1, -0.05) is 0 Å². The van der Waals surface area contributed by atoms with Crippen molar-refractivity contribution in [2.24, 2.45) is 0 Å². The highest BCUT2D eigenvalue weighted by molar-refractivity contribution is 7.98. The predicted molar refractivity (Wildman–Crippen MR) is 69.4 cm³/mol. The molecule has 1 aromatic rings. The summed E-state index contributed by atoms with van der Waals surface area (Å²) in [6, 6.07) is 4.32. The van der Waals surface area contributed by atoms with Gasteiger partial charge in [0.2, 0.25) is 0 Å². The van der Waals surface area contributed by atoms with E-state index in [2.05, 4.69) is 55.2 Å². The van der Waals surface area contributed by atoms with Crippen LogP contribution in [0, 0.1) is 0 Å². The lowest BCUT2D eigenvalue weighted by atomic mass is 10.1. The molecule has 0 aliphatic rings. The van der Waals surface area contributed by atoms with Crippen LogP contribution < -0.4 is 5.32 Å². The van der Waals surface area contributed by atoms with Crippen molar-refractivity contribution in [2.75, 3.05) is 12.0 Å². The molecule has 1 rings (SSSR count). The molecule has 0 atom stereocenters. The summed E-state index contributed by atoms with van der Waals surface area (Å²) in [5.41, 5.74) is 1.56. The second kappa shape index (κ2) is 5.61. The van der Waals surface area contributed by atoms with Gasteiger partial charge in [0.25, 0.3) is 0 Å². The number of rotatable bonds is 5. The molecule has 2 nitrogen and oxygen atoms in total. The number of aryl methyl sites for hydroxylation is 1. The van der Waals surface area contributed by atoms with Crippen LogP contribution in [-0.2, 0) is 13.1 Å². The standard InChI is InChI=1S/C12H22N2S/c1-12(2,3)13-10-11-6-5-7-14(11)8-9-15-4/h5-7,13H,8-10H2,1-4H3. The van der Waals surface area contributed by atoms with Crippen molar-refractivity contribution in [2.45, 2.75) is 39.4 Å². The smallest absolute Gasteiger partial charge is 0.0363 e. The molecule has 86 valence electrons. The van der Waals surface area contributed by atoms with Gasteiger partial charge in [0.05, 0.1) is 0 Å². The first-order valence-electron chi connectivity index (χ1n) is 5.41. The van der Waals surface area contributed by atoms with Crippen molar-refractivity contribution in [3.05, 3.63) is 24.0 Å². The first-order chi connectivity index (χ1) is 7.03. The number of nitrogens with zero attached hydrogens (tertiary/aromatic N) is 1. The molecule has 1 N–H and O–H groups in total. The lowest BCUT2D eigenvalue weighted by Crippen LogP contribution is -2.35. The van der Waals surface area contributed by atoms with Gasteiger partial charge in [-0.05, 0) is 39.2 Å².